The molecule has 0 aliphatic carbocycles. The van der Waals surface area contributed by atoms with Crippen molar-refractivity contribution >= 4 is 22.4 Å². The highest BCUT2D eigenvalue weighted by atomic mass is 32.1. The van der Waals surface area contributed by atoms with Crippen molar-refractivity contribution in [1.82, 2.24) is 4.98 Å². The van der Waals surface area contributed by atoms with Crippen LogP contribution in [0.1, 0.15) is 22.8 Å². The first kappa shape index (κ1) is 16.6. The lowest BCUT2D eigenvalue weighted by molar-refractivity contribution is 0.102. The number of carbonyl (C=O) groups is 1. The van der Waals surface area contributed by atoms with Crippen molar-refractivity contribution in [3.63, 3.8) is 0 Å². The van der Waals surface area contributed by atoms with Gasteiger partial charge in [0.25, 0.3) is 5.91 Å². The lowest BCUT2D eigenvalue weighted by Crippen LogP contribution is -2.11. The van der Waals surface area contributed by atoms with Crippen LogP contribution in [0.4, 0.5) is 5.13 Å². The predicted molar refractivity (Wildman–Crippen MR) is 102 cm³/mol. The van der Waals surface area contributed by atoms with Gasteiger partial charge in [0.2, 0.25) is 0 Å². The van der Waals surface area contributed by atoms with E-state index in [2.05, 4.69) is 16.4 Å². The molecule has 1 aliphatic heterocycles. The first-order valence-corrected chi connectivity index (χ1v) is 9.37. The topological polar surface area (TPSA) is 60.5 Å². The number of hydrogen-bond acceptors (Lipinski definition) is 5. The summed E-state index contributed by atoms with van der Waals surface area (Å²) in [4.78, 5) is 16.9. The van der Waals surface area contributed by atoms with Crippen LogP contribution in [0.2, 0.25) is 0 Å². The summed E-state index contributed by atoms with van der Waals surface area (Å²) in [5.74, 6) is 1.52. The minimum absolute atomic E-state index is 0.184. The Morgan fingerprint density at radius 1 is 1.27 bits per heavy atom. The lowest BCUT2D eigenvalue weighted by Gasteiger charge is -2.05. The summed E-state index contributed by atoms with van der Waals surface area (Å²) in [6.45, 7) is 3.26. The Hall–Kier alpha value is -2.86. The van der Waals surface area contributed by atoms with E-state index < -0.39 is 0 Å². The van der Waals surface area contributed by atoms with Gasteiger partial charge in [-0.3, -0.25) is 10.1 Å². The zero-order valence-electron chi connectivity index (χ0n) is 14.3. The molecule has 1 aliphatic rings. The van der Waals surface area contributed by atoms with Crippen LogP contribution in [-0.4, -0.2) is 24.1 Å². The smallest absolute Gasteiger partial charge is 0.257 e. The van der Waals surface area contributed by atoms with Crippen molar-refractivity contribution in [2.45, 2.75) is 13.3 Å². The van der Waals surface area contributed by atoms with E-state index in [0.29, 0.717) is 17.3 Å². The largest absolute Gasteiger partial charge is 0.494 e. The highest BCUT2D eigenvalue weighted by molar-refractivity contribution is 7.14. The molecule has 1 amide bonds. The molecule has 0 spiro atoms. The molecule has 0 saturated carbocycles. The van der Waals surface area contributed by atoms with Gasteiger partial charge in [0.05, 0.1) is 18.9 Å². The monoisotopic (exact) mass is 366 g/mol. The second-order valence-electron chi connectivity index (χ2n) is 5.87. The highest BCUT2D eigenvalue weighted by Crippen LogP contribution is 2.32. The summed E-state index contributed by atoms with van der Waals surface area (Å²) in [5.41, 5.74) is 3.66. The summed E-state index contributed by atoms with van der Waals surface area (Å²) in [7, 11) is 0. The molecule has 0 bridgehead atoms. The molecule has 1 N–H and O–H groups in total. The standard InChI is InChI=1S/C20H18N2O3S/c1-2-24-16-6-3-13(4-7-16)19(23)22-20-21-17(12-26-20)14-5-8-18-15(11-14)9-10-25-18/h3-8,11-12H,2,9-10H2,1H3,(H,21,22,23). The maximum atomic E-state index is 12.4. The van der Waals surface area contributed by atoms with Gasteiger partial charge < -0.3 is 9.47 Å². The number of benzene rings is 2. The summed E-state index contributed by atoms with van der Waals surface area (Å²) >= 11 is 1.41. The number of rotatable bonds is 5. The van der Waals surface area contributed by atoms with Gasteiger partial charge in [-0.15, -0.1) is 11.3 Å². The van der Waals surface area contributed by atoms with Gasteiger partial charge in [0.15, 0.2) is 5.13 Å². The number of thiazole rings is 1. The predicted octanol–water partition coefficient (Wildman–Crippen LogP) is 4.40. The van der Waals surface area contributed by atoms with Crippen molar-refractivity contribution in [3.8, 4) is 22.8 Å². The van der Waals surface area contributed by atoms with Crippen LogP contribution in [-0.2, 0) is 6.42 Å². The first-order valence-electron chi connectivity index (χ1n) is 8.49. The van der Waals surface area contributed by atoms with Gasteiger partial charge in [-0.2, -0.15) is 0 Å². The quantitative estimate of drug-likeness (QED) is 0.727. The van der Waals surface area contributed by atoms with Crippen molar-refractivity contribution in [3.05, 3.63) is 59.0 Å². The van der Waals surface area contributed by atoms with Crippen molar-refractivity contribution in [2.75, 3.05) is 18.5 Å². The van der Waals surface area contributed by atoms with Gasteiger partial charge in [-0.1, -0.05) is 0 Å². The molecular formula is C20H18N2O3S. The van der Waals surface area contributed by atoms with Gasteiger partial charge in [0.1, 0.15) is 11.5 Å². The number of nitrogens with zero attached hydrogens (tertiary/aromatic N) is 1. The molecule has 5 nitrogen and oxygen atoms in total. The van der Waals surface area contributed by atoms with Crippen LogP contribution in [0.3, 0.4) is 0 Å². The van der Waals surface area contributed by atoms with Gasteiger partial charge in [-0.25, -0.2) is 4.98 Å². The Balaban J connectivity index is 1.47. The molecule has 0 saturated heterocycles. The molecule has 3 aromatic rings. The van der Waals surface area contributed by atoms with E-state index in [1.165, 1.54) is 16.9 Å². The molecule has 0 fully saturated rings. The molecule has 1 aromatic heterocycles. The first-order chi connectivity index (χ1) is 12.7. The van der Waals surface area contributed by atoms with Crippen molar-refractivity contribution in [1.29, 1.82) is 0 Å². The summed E-state index contributed by atoms with van der Waals surface area (Å²) in [6.07, 6.45) is 0.925. The Morgan fingerprint density at radius 2 is 2.12 bits per heavy atom. The zero-order chi connectivity index (χ0) is 17.9. The molecule has 132 valence electrons. The van der Waals surface area contributed by atoms with Crippen LogP contribution in [0.5, 0.6) is 11.5 Å². The second-order valence-corrected chi connectivity index (χ2v) is 6.73. The van der Waals surface area contributed by atoms with Crippen molar-refractivity contribution in [2.24, 2.45) is 0 Å². The summed E-state index contributed by atoms with van der Waals surface area (Å²) in [5, 5.41) is 5.38. The Labute approximate surface area is 155 Å². The second kappa shape index (κ2) is 7.17. The average molecular weight is 366 g/mol. The minimum atomic E-state index is -0.184. The molecule has 0 atom stereocenters. The van der Waals surface area contributed by atoms with E-state index in [1.807, 2.05) is 24.4 Å². The maximum Gasteiger partial charge on any atom is 0.257 e. The highest BCUT2D eigenvalue weighted by Gasteiger charge is 2.15. The Kier molecular flexibility index (Phi) is 4.58. The number of hydrogen-bond donors (Lipinski definition) is 1. The van der Waals surface area contributed by atoms with Crippen LogP contribution in [0.15, 0.2) is 47.8 Å². The number of fused-ring (bicyclic) bond motifs is 1. The van der Waals surface area contributed by atoms with Gasteiger partial charge >= 0.3 is 0 Å². The van der Waals surface area contributed by atoms with E-state index >= 15 is 0 Å². The third-order valence-corrected chi connectivity index (χ3v) is 4.90. The van der Waals surface area contributed by atoms with Gasteiger partial charge in [0, 0.05) is 22.9 Å². The van der Waals surface area contributed by atoms with Crippen LogP contribution in [0, 0.1) is 0 Å². The lowest BCUT2D eigenvalue weighted by atomic mass is 10.1. The molecule has 0 radical (unpaired) electrons. The number of amides is 1. The Bertz CT molecular complexity index is 934. The number of ether oxygens (including phenoxy) is 2. The molecule has 2 heterocycles. The molecule has 4 rings (SSSR count). The molecule has 26 heavy (non-hydrogen) atoms. The summed E-state index contributed by atoms with van der Waals surface area (Å²) < 4.78 is 10.9. The molecule has 0 unspecified atom stereocenters. The number of anilines is 1. The fraction of sp³-hybridized carbons (Fsp3) is 0.200. The van der Waals surface area contributed by atoms with E-state index in [9.17, 15) is 4.79 Å². The third-order valence-electron chi connectivity index (χ3n) is 4.14. The fourth-order valence-electron chi connectivity index (χ4n) is 2.85. The molecule has 2 aromatic carbocycles. The summed E-state index contributed by atoms with van der Waals surface area (Å²) in [6, 6.07) is 13.2. The van der Waals surface area contributed by atoms with E-state index in [0.717, 1.165) is 35.8 Å². The van der Waals surface area contributed by atoms with Crippen molar-refractivity contribution < 1.29 is 14.3 Å². The van der Waals surface area contributed by atoms with E-state index in [4.69, 9.17) is 9.47 Å². The van der Waals surface area contributed by atoms with Crippen LogP contribution in [0.25, 0.3) is 11.3 Å². The molecular weight excluding hydrogens is 348 g/mol. The van der Waals surface area contributed by atoms with Gasteiger partial charge in [-0.05, 0) is 55.0 Å². The fourth-order valence-corrected chi connectivity index (χ4v) is 3.56. The number of carbonyl (C=O) groups excluding carboxylic acids is 1. The maximum absolute atomic E-state index is 12.4. The third kappa shape index (κ3) is 3.41. The zero-order valence-corrected chi connectivity index (χ0v) is 15.1. The number of nitrogens with one attached hydrogen (secondary N) is 1. The Morgan fingerprint density at radius 3 is 2.92 bits per heavy atom. The minimum Gasteiger partial charge on any atom is -0.494 e. The van der Waals surface area contributed by atoms with Crippen LogP contribution < -0.4 is 14.8 Å². The SMILES string of the molecule is CCOc1ccc(C(=O)Nc2nc(-c3ccc4c(c3)CCO4)cs2)cc1. The van der Waals surface area contributed by atoms with Crippen LogP contribution >= 0.6 is 11.3 Å². The van der Waals surface area contributed by atoms with E-state index in [1.54, 1.807) is 24.3 Å². The number of aromatic nitrogens is 1. The average Bonchev–Trinajstić information content (AvgIpc) is 3.31. The normalized spacial score (nSPS) is 12.3. The molecule has 6 heteroatoms. The van der Waals surface area contributed by atoms with E-state index in [-0.39, 0.29) is 5.91 Å².